The lowest BCUT2D eigenvalue weighted by atomic mass is 10.1. The molecule has 1 aromatic heterocycles. The third kappa shape index (κ3) is 3.05. The predicted molar refractivity (Wildman–Crippen MR) is 64.8 cm³/mol. The summed E-state index contributed by atoms with van der Waals surface area (Å²) in [6.45, 7) is 8.21. The zero-order valence-electron chi connectivity index (χ0n) is 11.2. The lowest BCUT2D eigenvalue weighted by Gasteiger charge is -2.11. The van der Waals surface area contributed by atoms with Gasteiger partial charge >= 0.3 is 5.97 Å². The van der Waals surface area contributed by atoms with Crippen molar-refractivity contribution in [3.05, 3.63) is 11.6 Å². The van der Waals surface area contributed by atoms with E-state index in [1.165, 1.54) is 0 Å². The fourth-order valence-electron chi connectivity index (χ4n) is 1.66. The van der Waals surface area contributed by atoms with E-state index in [2.05, 4.69) is 10.1 Å². The molecule has 1 heterocycles. The van der Waals surface area contributed by atoms with E-state index in [1.54, 1.807) is 11.6 Å². The maximum atomic E-state index is 11.8. The van der Waals surface area contributed by atoms with Crippen LogP contribution >= 0.6 is 0 Å². The first kappa shape index (κ1) is 13.7. The van der Waals surface area contributed by atoms with Gasteiger partial charge in [-0.1, -0.05) is 20.8 Å². The van der Waals surface area contributed by atoms with E-state index in [0.29, 0.717) is 18.9 Å². The maximum absolute atomic E-state index is 11.8. The van der Waals surface area contributed by atoms with Gasteiger partial charge in [0.25, 0.3) is 0 Å². The molecule has 5 heteroatoms. The summed E-state index contributed by atoms with van der Waals surface area (Å²) >= 11 is 0. The van der Waals surface area contributed by atoms with Gasteiger partial charge in [-0.2, -0.15) is 5.10 Å². The zero-order valence-corrected chi connectivity index (χ0v) is 11.2. The van der Waals surface area contributed by atoms with Crippen LogP contribution in [0.1, 0.15) is 57.6 Å². The van der Waals surface area contributed by atoms with Gasteiger partial charge < -0.3 is 4.74 Å². The van der Waals surface area contributed by atoms with Crippen LogP contribution in [0, 0.1) is 0 Å². The first-order chi connectivity index (χ1) is 8.01. The van der Waals surface area contributed by atoms with E-state index in [-0.39, 0.29) is 17.8 Å². The molecule has 0 aliphatic heterocycles. The topological polar surface area (TPSA) is 57.0 Å². The Balaban J connectivity index is 2.99. The molecule has 1 atom stereocenters. The SMILES string of the molecule is CCOC(=O)C(CC)c1nc(C(C)C)nn1C. The molecule has 0 spiro atoms. The molecule has 96 valence electrons. The summed E-state index contributed by atoms with van der Waals surface area (Å²) in [6.07, 6.45) is 0.670. The number of carbonyl (C=O) groups excluding carboxylic acids is 1. The van der Waals surface area contributed by atoms with Gasteiger partial charge in [0.2, 0.25) is 0 Å². The molecule has 0 bridgehead atoms. The molecule has 1 rings (SSSR count). The van der Waals surface area contributed by atoms with E-state index in [9.17, 15) is 4.79 Å². The summed E-state index contributed by atoms with van der Waals surface area (Å²) in [7, 11) is 1.82. The highest BCUT2D eigenvalue weighted by Gasteiger charge is 2.26. The minimum atomic E-state index is -0.319. The number of nitrogens with zero attached hydrogens (tertiary/aromatic N) is 3. The van der Waals surface area contributed by atoms with E-state index < -0.39 is 0 Å². The minimum absolute atomic E-state index is 0.221. The van der Waals surface area contributed by atoms with E-state index in [0.717, 1.165) is 5.82 Å². The second-order valence-electron chi connectivity index (χ2n) is 4.32. The van der Waals surface area contributed by atoms with E-state index in [1.807, 2.05) is 27.8 Å². The quantitative estimate of drug-likeness (QED) is 0.737. The van der Waals surface area contributed by atoms with Crippen molar-refractivity contribution in [3.8, 4) is 0 Å². The van der Waals surface area contributed by atoms with Gasteiger partial charge in [0.15, 0.2) is 5.82 Å². The number of rotatable bonds is 5. The van der Waals surface area contributed by atoms with Gasteiger partial charge in [0.1, 0.15) is 11.7 Å². The molecule has 0 amide bonds. The van der Waals surface area contributed by atoms with Crippen molar-refractivity contribution < 1.29 is 9.53 Å². The van der Waals surface area contributed by atoms with Gasteiger partial charge in [-0.25, -0.2) is 4.98 Å². The van der Waals surface area contributed by atoms with Crippen molar-refractivity contribution in [3.63, 3.8) is 0 Å². The van der Waals surface area contributed by atoms with Gasteiger partial charge in [0.05, 0.1) is 6.61 Å². The smallest absolute Gasteiger partial charge is 0.316 e. The monoisotopic (exact) mass is 239 g/mol. The third-order valence-corrected chi connectivity index (χ3v) is 2.62. The van der Waals surface area contributed by atoms with Crippen molar-refractivity contribution in [2.24, 2.45) is 7.05 Å². The lowest BCUT2D eigenvalue weighted by Crippen LogP contribution is -2.19. The van der Waals surface area contributed by atoms with Crippen LogP contribution in [-0.2, 0) is 16.6 Å². The van der Waals surface area contributed by atoms with Crippen LogP contribution in [0.3, 0.4) is 0 Å². The first-order valence-electron chi connectivity index (χ1n) is 6.08. The van der Waals surface area contributed by atoms with Crippen LogP contribution in [0.5, 0.6) is 0 Å². The Bertz CT molecular complexity index is 385. The van der Waals surface area contributed by atoms with Crippen molar-refractivity contribution >= 4 is 5.97 Å². The maximum Gasteiger partial charge on any atom is 0.316 e. The molecule has 1 unspecified atom stereocenters. The van der Waals surface area contributed by atoms with Gasteiger partial charge in [-0.3, -0.25) is 9.48 Å². The van der Waals surface area contributed by atoms with Crippen LogP contribution in [0.25, 0.3) is 0 Å². The number of aromatic nitrogens is 3. The molecule has 0 aliphatic carbocycles. The molecule has 0 aromatic carbocycles. The van der Waals surface area contributed by atoms with Crippen molar-refractivity contribution in [2.75, 3.05) is 6.61 Å². The Hall–Kier alpha value is -1.39. The molecular formula is C12H21N3O2. The van der Waals surface area contributed by atoms with Crippen LogP contribution in [-0.4, -0.2) is 27.3 Å². The molecule has 0 saturated carbocycles. The number of hydrogen-bond donors (Lipinski definition) is 0. The van der Waals surface area contributed by atoms with E-state index in [4.69, 9.17) is 4.74 Å². The Morgan fingerprint density at radius 3 is 2.47 bits per heavy atom. The molecule has 0 radical (unpaired) electrons. The summed E-state index contributed by atoms with van der Waals surface area (Å²) in [5, 5.41) is 4.32. The molecular weight excluding hydrogens is 218 g/mol. The van der Waals surface area contributed by atoms with E-state index >= 15 is 0 Å². The highest BCUT2D eigenvalue weighted by molar-refractivity contribution is 5.77. The standard InChI is InChI=1S/C12H21N3O2/c1-6-9(12(16)17-7-2)11-13-10(8(3)4)14-15(11)5/h8-9H,6-7H2,1-5H3. The summed E-state index contributed by atoms with van der Waals surface area (Å²) in [6, 6.07) is 0. The Labute approximate surface area is 102 Å². The average molecular weight is 239 g/mol. The van der Waals surface area contributed by atoms with Gasteiger partial charge in [-0.05, 0) is 13.3 Å². The van der Waals surface area contributed by atoms with Gasteiger partial charge in [-0.15, -0.1) is 0 Å². The Morgan fingerprint density at radius 1 is 1.41 bits per heavy atom. The van der Waals surface area contributed by atoms with Gasteiger partial charge in [0, 0.05) is 13.0 Å². The Morgan fingerprint density at radius 2 is 2.06 bits per heavy atom. The lowest BCUT2D eigenvalue weighted by molar-refractivity contribution is -0.145. The zero-order chi connectivity index (χ0) is 13.0. The molecule has 0 N–H and O–H groups in total. The minimum Gasteiger partial charge on any atom is -0.465 e. The number of esters is 1. The summed E-state index contributed by atoms with van der Waals surface area (Å²) in [5.41, 5.74) is 0. The fraction of sp³-hybridized carbons (Fsp3) is 0.750. The van der Waals surface area contributed by atoms with Crippen molar-refractivity contribution in [1.82, 2.24) is 14.8 Å². The second kappa shape index (κ2) is 5.80. The van der Waals surface area contributed by atoms with Crippen LogP contribution < -0.4 is 0 Å². The first-order valence-corrected chi connectivity index (χ1v) is 6.08. The predicted octanol–water partition coefficient (Wildman–Crippen LogP) is 2.00. The van der Waals surface area contributed by atoms with Crippen molar-refractivity contribution in [2.45, 2.75) is 46.0 Å². The number of carbonyl (C=O) groups is 1. The van der Waals surface area contributed by atoms with Crippen LogP contribution in [0.4, 0.5) is 0 Å². The largest absolute Gasteiger partial charge is 0.465 e. The highest BCUT2D eigenvalue weighted by atomic mass is 16.5. The number of ether oxygens (including phenoxy) is 1. The molecule has 5 nitrogen and oxygen atoms in total. The third-order valence-electron chi connectivity index (χ3n) is 2.62. The molecule has 17 heavy (non-hydrogen) atoms. The second-order valence-corrected chi connectivity index (χ2v) is 4.32. The molecule has 0 fully saturated rings. The van der Waals surface area contributed by atoms with Crippen LogP contribution in [0.15, 0.2) is 0 Å². The summed E-state index contributed by atoms with van der Waals surface area (Å²) in [5.74, 6) is 1.18. The normalized spacial score (nSPS) is 12.8. The highest BCUT2D eigenvalue weighted by Crippen LogP contribution is 2.21. The molecule has 0 saturated heterocycles. The van der Waals surface area contributed by atoms with Crippen molar-refractivity contribution in [1.29, 1.82) is 0 Å². The van der Waals surface area contributed by atoms with Crippen LogP contribution in [0.2, 0.25) is 0 Å². The number of aryl methyl sites for hydroxylation is 1. The number of hydrogen-bond acceptors (Lipinski definition) is 4. The summed E-state index contributed by atoms with van der Waals surface area (Å²) < 4.78 is 6.73. The molecule has 1 aromatic rings. The molecule has 0 aliphatic rings. The average Bonchev–Trinajstić information content (AvgIpc) is 2.63. The summed E-state index contributed by atoms with van der Waals surface area (Å²) in [4.78, 5) is 16.2. The Kier molecular flexibility index (Phi) is 4.66. The fourth-order valence-corrected chi connectivity index (χ4v) is 1.66.